The number of rotatable bonds is 8. The van der Waals surface area contributed by atoms with Crippen molar-refractivity contribution in [2.45, 2.75) is 67.3 Å². The zero-order valence-electron chi connectivity index (χ0n) is 19.1. The number of nitrogens with one attached hydrogen (secondary N) is 2. The van der Waals surface area contributed by atoms with Gasteiger partial charge in [-0.15, -0.1) is 10.2 Å². The van der Waals surface area contributed by atoms with Gasteiger partial charge < -0.3 is 5.32 Å². The van der Waals surface area contributed by atoms with Crippen LogP contribution in [0, 0.1) is 24.2 Å². The number of carbonyl (C=O) groups is 2. The zero-order valence-corrected chi connectivity index (χ0v) is 19.9. The molecule has 7 heteroatoms. The summed E-state index contributed by atoms with van der Waals surface area (Å²) in [7, 11) is 0. The fourth-order valence-electron chi connectivity index (χ4n) is 3.47. The van der Waals surface area contributed by atoms with Crippen molar-refractivity contribution >= 4 is 28.3 Å². The molecule has 2 rings (SSSR count). The van der Waals surface area contributed by atoms with Crippen molar-refractivity contribution < 1.29 is 9.59 Å². The summed E-state index contributed by atoms with van der Waals surface area (Å²) in [5.41, 5.74) is 2.30. The van der Waals surface area contributed by atoms with Gasteiger partial charge in [0.05, 0.1) is 0 Å². The van der Waals surface area contributed by atoms with Crippen LogP contribution in [-0.2, 0) is 9.59 Å². The Morgan fingerprint density at radius 3 is 2.27 bits per heavy atom. The lowest BCUT2D eigenvalue weighted by molar-refractivity contribution is -0.128. The average molecular weight is 431 g/mol. The normalized spacial score (nSPS) is 13.7. The SMILES string of the molecule is Cc1ccc(-c2nnc(NC(=O)[C@H](NC(=O)C[C@H](C)CC(C)(C)C)C(C)C)s2)cc1. The molecule has 2 N–H and O–H groups in total. The highest BCUT2D eigenvalue weighted by atomic mass is 32.1. The van der Waals surface area contributed by atoms with Crippen LogP contribution in [0.5, 0.6) is 0 Å². The molecule has 1 heterocycles. The van der Waals surface area contributed by atoms with Crippen LogP contribution in [0.15, 0.2) is 24.3 Å². The summed E-state index contributed by atoms with van der Waals surface area (Å²) in [6.45, 7) is 14.4. The van der Waals surface area contributed by atoms with E-state index in [0.29, 0.717) is 11.6 Å². The molecule has 164 valence electrons. The fraction of sp³-hybridized carbons (Fsp3) is 0.565. The van der Waals surface area contributed by atoms with Gasteiger partial charge in [-0.2, -0.15) is 0 Å². The Labute approximate surface area is 183 Å². The minimum Gasteiger partial charge on any atom is -0.344 e. The second kappa shape index (κ2) is 10.2. The molecule has 0 aliphatic rings. The van der Waals surface area contributed by atoms with Crippen LogP contribution >= 0.6 is 11.3 Å². The predicted molar refractivity (Wildman–Crippen MR) is 123 cm³/mol. The highest BCUT2D eigenvalue weighted by Crippen LogP contribution is 2.27. The first-order valence-corrected chi connectivity index (χ1v) is 11.3. The molecule has 0 aliphatic heterocycles. The average Bonchev–Trinajstić information content (AvgIpc) is 3.06. The number of benzene rings is 1. The maximum Gasteiger partial charge on any atom is 0.249 e. The topological polar surface area (TPSA) is 84.0 Å². The second-order valence-corrected chi connectivity index (χ2v) is 10.6. The van der Waals surface area contributed by atoms with Gasteiger partial charge in [-0.1, -0.05) is 82.7 Å². The van der Waals surface area contributed by atoms with E-state index in [2.05, 4.69) is 48.5 Å². The van der Waals surface area contributed by atoms with E-state index in [1.165, 1.54) is 16.9 Å². The molecule has 0 aliphatic carbocycles. The Morgan fingerprint density at radius 1 is 1.07 bits per heavy atom. The Hall–Kier alpha value is -2.28. The van der Waals surface area contributed by atoms with Crippen LogP contribution in [-0.4, -0.2) is 28.1 Å². The van der Waals surface area contributed by atoms with Gasteiger partial charge in [-0.3, -0.25) is 14.9 Å². The summed E-state index contributed by atoms with van der Waals surface area (Å²) in [5.74, 6) is -0.163. The van der Waals surface area contributed by atoms with Crippen molar-refractivity contribution in [2.24, 2.45) is 17.3 Å². The highest BCUT2D eigenvalue weighted by molar-refractivity contribution is 7.18. The molecular weight excluding hydrogens is 396 g/mol. The molecule has 2 aromatic rings. The molecule has 1 aromatic carbocycles. The summed E-state index contributed by atoms with van der Waals surface area (Å²) in [4.78, 5) is 25.3. The second-order valence-electron chi connectivity index (χ2n) is 9.63. The van der Waals surface area contributed by atoms with E-state index in [-0.39, 0.29) is 29.1 Å². The largest absolute Gasteiger partial charge is 0.344 e. The van der Waals surface area contributed by atoms with Gasteiger partial charge in [0, 0.05) is 12.0 Å². The Balaban J connectivity index is 1.99. The van der Waals surface area contributed by atoms with Gasteiger partial charge in [-0.25, -0.2) is 0 Å². The number of aromatic nitrogens is 2. The van der Waals surface area contributed by atoms with E-state index < -0.39 is 6.04 Å². The fourth-order valence-corrected chi connectivity index (χ4v) is 4.22. The number of nitrogens with zero attached hydrogens (tertiary/aromatic N) is 2. The van der Waals surface area contributed by atoms with E-state index in [1.54, 1.807) is 0 Å². The van der Waals surface area contributed by atoms with Gasteiger partial charge in [0.15, 0.2) is 0 Å². The van der Waals surface area contributed by atoms with E-state index in [9.17, 15) is 9.59 Å². The number of hydrogen-bond acceptors (Lipinski definition) is 5. The van der Waals surface area contributed by atoms with Crippen molar-refractivity contribution in [3.05, 3.63) is 29.8 Å². The predicted octanol–water partition coefficient (Wildman–Crippen LogP) is 5.06. The van der Waals surface area contributed by atoms with Crippen molar-refractivity contribution in [3.63, 3.8) is 0 Å². The van der Waals surface area contributed by atoms with Gasteiger partial charge >= 0.3 is 0 Å². The monoisotopic (exact) mass is 430 g/mol. The number of hydrogen-bond donors (Lipinski definition) is 2. The lowest BCUT2D eigenvalue weighted by Gasteiger charge is -2.25. The van der Waals surface area contributed by atoms with Crippen LogP contribution in [0.2, 0.25) is 0 Å². The Kier molecular flexibility index (Phi) is 8.12. The molecule has 30 heavy (non-hydrogen) atoms. The third-order valence-corrected chi connectivity index (χ3v) is 5.60. The van der Waals surface area contributed by atoms with E-state index in [0.717, 1.165) is 17.0 Å². The maximum absolute atomic E-state index is 12.8. The van der Waals surface area contributed by atoms with Crippen LogP contribution in [0.1, 0.15) is 59.9 Å². The van der Waals surface area contributed by atoms with E-state index >= 15 is 0 Å². The molecular formula is C23H34N4O2S. The van der Waals surface area contributed by atoms with Crippen molar-refractivity contribution in [1.82, 2.24) is 15.5 Å². The zero-order chi connectivity index (χ0) is 22.5. The molecule has 0 unspecified atom stereocenters. The number of anilines is 1. The number of carbonyl (C=O) groups excluding carboxylic acids is 2. The van der Waals surface area contributed by atoms with Crippen molar-refractivity contribution in [1.29, 1.82) is 0 Å². The first-order chi connectivity index (χ1) is 13.9. The maximum atomic E-state index is 12.8. The first kappa shape index (κ1) is 24.0. The van der Waals surface area contributed by atoms with E-state index in [1.807, 2.05) is 45.0 Å². The number of aryl methyl sites for hydroxylation is 1. The lowest BCUT2D eigenvalue weighted by atomic mass is 9.84. The molecule has 2 atom stereocenters. The van der Waals surface area contributed by atoms with Crippen LogP contribution in [0.4, 0.5) is 5.13 Å². The molecule has 0 saturated carbocycles. The molecule has 0 saturated heterocycles. The summed E-state index contributed by atoms with van der Waals surface area (Å²) >= 11 is 1.32. The molecule has 0 bridgehead atoms. The molecule has 0 spiro atoms. The van der Waals surface area contributed by atoms with Crippen LogP contribution in [0.3, 0.4) is 0 Å². The highest BCUT2D eigenvalue weighted by Gasteiger charge is 2.26. The van der Waals surface area contributed by atoms with Crippen LogP contribution in [0.25, 0.3) is 10.6 Å². The molecule has 2 amide bonds. The summed E-state index contributed by atoms with van der Waals surface area (Å²) in [6.07, 6.45) is 1.36. The van der Waals surface area contributed by atoms with Crippen molar-refractivity contribution in [2.75, 3.05) is 5.32 Å². The van der Waals surface area contributed by atoms with Gasteiger partial charge in [0.25, 0.3) is 0 Å². The first-order valence-electron chi connectivity index (χ1n) is 10.5. The third-order valence-electron chi connectivity index (χ3n) is 4.71. The third kappa shape index (κ3) is 7.52. The number of amides is 2. The van der Waals surface area contributed by atoms with Gasteiger partial charge in [0.2, 0.25) is 16.9 Å². The Morgan fingerprint density at radius 2 is 1.70 bits per heavy atom. The standard InChI is InChI=1S/C23H34N4O2S/c1-14(2)19(24-18(28)12-16(4)13-23(5,6)7)20(29)25-22-27-26-21(30-22)17-10-8-15(3)9-11-17/h8-11,14,16,19H,12-13H2,1-7H3,(H,24,28)(H,25,27,29)/t16-,19+/m0/s1. The minimum absolute atomic E-state index is 0.0450. The quantitative estimate of drug-likeness (QED) is 0.613. The Bertz CT molecular complexity index is 853. The molecule has 1 aromatic heterocycles. The minimum atomic E-state index is -0.619. The van der Waals surface area contributed by atoms with Crippen molar-refractivity contribution in [3.8, 4) is 10.6 Å². The molecule has 0 radical (unpaired) electrons. The lowest BCUT2D eigenvalue weighted by Crippen LogP contribution is -2.47. The molecule has 6 nitrogen and oxygen atoms in total. The van der Waals surface area contributed by atoms with Crippen LogP contribution < -0.4 is 10.6 Å². The summed E-state index contributed by atoms with van der Waals surface area (Å²) in [6, 6.07) is 7.38. The van der Waals surface area contributed by atoms with Gasteiger partial charge in [-0.05, 0) is 30.6 Å². The van der Waals surface area contributed by atoms with E-state index in [4.69, 9.17) is 0 Å². The summed E-state index contributed by atoms with van der Waals surface area (Å²) < 4.78 is 0. The van der Waals surface area contributed by atoms with Gasteiger partial charge in [0.1, 0.15) is 11.0 Å². The smallest absolute Gasteiger partial charge is 0.249 e. The molecule has 0 fully saturated rings. The summed E-state index contributed by atoms with van der Waals surface area (Å²) in [5, 5.41) is 15.1.